The molecule has 4 heteroatoms. The van der Waals surface area contributed by atoms with Crippen molar-refractivity contribution in [2.45, 2.75) is 39.2 Å². The summed E-state index contributed by atoms with van der Waals surface area (Å²) >= 11 is 0. The molecule has 0 heterocycles. The van der Waals surface area contributed by atoms with Gasteiger partial charge in [0.25, 0.3) is 0 Å². The third-order valence-electron chi connectivity index (χ3n) is 1.85. The first-order valence-corrected chi connectivity index (χ1v) is 4.95. The van der Waals surface area contributed by atoms with Crippen molar-refractivity contribution in [2.24, 2.45) is 0 Å². The highest BCUT2D eigenvalue weighted by Gasteiger charge is 2.27. The van der Waals surface area contributed by atoms with E-state index in [1.807, 2.05) is 0 Å². The summed E-state index contributed by atoms with van der Waals surface area (Å²) in [6.45, 7) is 6.64. The van der Waals surface area contributed by atoms with Gasteiger partial charge in [-0.15, -0.1) is 0 Å². The van der Waals surface area contributed by atoms with E-state index >= 15 is 0 Å². The van der Waals surface area contributed by atoms with E-state index < -0.39 is 11.6 Å². The quantitative estimate of drug-likeness (QED) is 0.611. The van der Waals surface area contributed by atoms with Crippen LogP contribution in [0.1, 0.15) is 33.6 Å². The second-order valence-corrected chi connectivity index (χ2v) is 3.63. The normalized spacial score (nSPS) is 11.6. The molecule has 0 amide bonds. The minimum atomic E-state index is -1.12. The molecule has 0 bridgehead atoms. The van der Waals surface area contributed by atoms with Gasteiger partial charge in [0.15, 0.2) is 5.60 Å². The van der Waals surface area contributed by atoms with Crippen molar-refractivity contribution in [3.05, 3.63) is 0 Å². The molecule has 1 N–H and O–H groups in total. The van der Waals surface area contributed by atoms with Gasteiger partial charge in [0.05, 0.1) is 13.2 Å². The number of hydrogen-bond donors (Lipinski definition) is 1. The molecular weight excluding hydrogens is 184 g/mol. The van der Waals surface area contributed by atoms with Crippen LogP contribution in [0, 0.1) is 0 Å². The molecule has 84 valence electrons. The van der Waals surface area contributed by atoms with Crippen molar-refractivity contribution in [2.75, 3.05) is 19.8 Å². The van der Waals surface area contributed by atoms with Crippen LogP contribution in [0.15, 0.2) is 0 Å². The van der Waals surface area contributed by atoms with Crippen molar-refractivity contribution in [1.29, 1.82) is 0 Å². The molecule has 0 aliphatic heterocycles. The summed E-state index contributed by atoms with van der Waals surface area (Å²) in [5, 5.41) is 8.72. The standard InChI is InChI=1S/C10H20O4/c1-4-5-6-13-7-8-14-10(2,3)9(11)12/h4-8H2,1-3H3,(H,11,12). The number of unbranched alkanes of at least 4 members (excludes halogenated alkanes) is 1. The first-order chi connectivity index (χ1) is 6.50. The van der Waals surface area contributed by atoms with E-state index in [0.717, 1.165) is 12.8 Å². The molecular formula is C10H20O4. The minimum Gasteiger partial charge on any atom is -0.479 e. The van der Waals surface area contributed by atoms with Crippen LogP contribution >= 0.6 is 0 Å². The molecule has 0 unspecified atom stereocenters. The van der Waals surface area contributed by atoms with Crippen LogP contribution in [0.3, 0.4) is 0 Å². The Morgan fingerprint density at radius 3 is 2.43 bits per heavy atom. The van der Waals surface area contributed by atoms with E-state index in [9.17, 15) is 4.79 Å². The fourth-order valence-electron chi connectivity index (χ4n) is 0.766. The van der Waals surface area contributed by atoms with Gasteiger partial charge >= 0.3 is 5.97 Å². The highest BCUT2D eigenvalue weighted by molar-refractivity contribution is 5.76. The lowest BCUT2D eigenvalue weighted by molar-refractivity contribution is -0.162. The topological polar surface area (TPSA) is 55.8 Å². The third-order valence-corrected chi connectivity index (χ3v) is 1.85. The van der Waals surface area contributed by atoms with Crippen molar-refractivity contribution in [3.63, 3.8) is 0 Å². The van der Waals surface area contributed by atoms with Gasteiger partial charge in [0, 0.05) is 6.61 Å². The maximum Gasteiger partial charge on any atom is 0.335 e. The predicted octanol–water partition coefficient (Wildman–Crippen LogP) is 1.68. The van der Waals surface area contributed by atoms with E-state index in [4.69, 9.17) is 14.6 Å². The fraction of sp³-hybridized carbons (Fsp3) is 0.900. The Balaban J connectivity index is 3.40. The fourth-order valence-corrected chi connectivity index (χ4v) is 0.766. The average Bonchev–Trinajstić information content (AvgIpc) is 2.10. The van der Waals surface area contributed by atoms with Crippen LogP contribution in [0.2, 0.25) is 0 Å². The molecule has 0 fully saturated rings. The van der Waals surface area contributed by atoms with Gasteiger partial charge in [-0.05, 0) is 20.3 Å². The maximum atomic E-state index is 10.6. The van der Waals surface area contributed by atoms with Gasteiger partial charge in [0.2, 0.25) is 0 Å². The zero-order valence-corrected chi connectivity index (χ0v) is 9.21. The van der Waals surface area contributed by atoms with E-state index in [-0.39, 0.29) is 0 Å². The summed E-state index contributed by atoms with van der Waals surface area (Å²) < 4.78 is 10.4. The molecule has 0 radical (unpaired) electrons. The molecule has 0 saturated carbocycles. The number of rotatable bonds is 8. The van der Waals surface area contributed by atoms with Gasteiger partial charge in [-0.3, -0.25) is 0 Å². The van der Waals surface area contributed by atoms with Gasteiger partial charge in [-0.1, -0.05) is 13.3 Å². The lowest BCUT2D eigenvalue weighted by Crippen LogP contribution is -2.35. The summed E-state index contributed by atoms with van der Waals surface area (Å²) in [7, 11) is 0. The minimum absolute atomic E-state index is 0.322. The second-order valence-electron chi connectivity index (χ2n) is 3.63. The lowest BCUT2D eigenvalue weighted by Gasteiger charge is -2.19. The molecule has 0 rings (SSSR count). The first-order valence-electron chi connectivity index (χ1n) is 4.95. The SMILES string of the molecule is CCCCOCCOC(C)(C)C(=O)O. The van der Waals surface area contributed by atoms with Crippen LogP contribution in [-0.4, -0.2) is 36.5 Å². The van der Waals surface area contributed by atoms with Crippen molar-refractivity contribution < 1.29 is 19.4 Å². The van der Waals surface area contributed by atoms with Gasteiger partial charge in [-0.25, -0.2) is 4.79 Å². The van der Waals surface area contributed by atoms with E-state index in [1.165, 1.54) is 13.8 Å². The molecule has 0 spiro atoms. The molecule has 0 aliphatic rings. The first kappa shape index (κ1) is 13.4. The highest BCUT2D eigenvalue weighted by Crippen LogP contribution is 2.08. The second kappa shape index (κ2) is 6.79. The number of carboxylic acid groups (broad SMARTS) is 1. The molecule has 0 atom stereocenters. The number of carboxylic acids is 1. The lowest BCUT2D eigenvalue weighted by atomic mass is 10.1. The maximum absolute atomic E-state index is 10.6. The molecule has 14 heavy (non-hydrogen) atoms. The van der Waals surface area contributed by atoms with E-state index in [2.05, 4.69) is 6.92 Å². The summed E-state index contributed by atoms with van der Waals surface area (Å²) in [6, 6.07) is 0. The van der Waals surface area contributed by atoms with Crippen LogP contribution in [-0.2, 0) is 14.3 Å². The Kier molecular flexibility index (Phi) is 6.49. The molecule has 0 aromatic heterocycles. The van der Waals surface area contributed by atoms with Crippen molar-refractivity contribution in [3.8, 4) is 0 Å². The van der Waals surface area contributed by atoms with Crippen LogP contribution in [0.25, 0.3) is 0 Å². The summed E-state index contributed by atoms with van der Waals surface area (Å²) in [5.41, 5.74) is -1.12. The Bertz CT molecular complexity index is 166. The zero-order valence-electron chi connectivity index (χ0n) is 9.21. The predicted molar refractivity (Wildman–Crippen MR) is 53.4 cm³/mol. The summed E-state index contributed by atoms with van der Waals surface area (Å²) in [5.74, 6) is -0.953. The van der Waals surface area contributed by atoms with Crippen LogP contribution in [0.4, 0.5) is 0 Å². The number of hydrogen-bond acceptors (Lipinski definition) is 3. The molecule has 0 aromatic rings. The molecule has 0 aromatic carbocycles. The monoisotopic (exact) mass is 204 g/mol. The van der Waals surface area contributed by atoms with Crippen LogP contribution < -0.4 is 0 Å². The van der Waals surface area contributed by atoms with Gasteiger partial charge < -0.3 is 14.6 Å². The van der Waals surface area contributed by atoms with Gasteiger partial charge in [0.1, 0.15) is 0 Å². The van der Waals surface area contributed by atoms with Crippen molar-refractivity contribution in [1.82, 2.24) is 0 Å². The van der Waals surface area contributed by atoms with Crippen molar-refractivity contribution >= 4 is 5.97 Å². The van der Waals surface area contributed by atoms with E-state index in [1.54, 1.807) is 0 Å². The third kappa shape index (κ3) is 5.94. The Morgan fingerprint density at radius 1 is 1.29 bits per heavy atom. The van der Waals surface area contributed by atoms with Crippen LogP contribution in [0.5, 0.6) is 0 Å². The largest absolute Gasteiger partial charge is 0.479 e. The molecule has 0 saturated heterocycles. The highest BCUT2D eigenvalue weighted by atomic mass is 16.5. The Morgan fingerprint density at radius 2 is 1.93 bits per heavy atom. The summed E-state index contributed by atoms with van der Waals surface area (Å²) in [4.78, 5) is 10.6. The molecule has 0 aliphatic carbocycles. The summed E-state index contributed by atoms with van der Waals surface area (Å²) in [6.07, 6.45) is 2.13. The smallest absolute Gasteiger partial charge is 0.335 e. The number of aliphatic carboxylic acids is 1. The Labute approximate surface area is 85.2 Å². The number of ether oxygens (including phenoxy) is 2. The number of carbonyl (C=O) groups is 1. The van der Waals surface area contributed by atoms with Gasteiger partial charge in [-0.2, -0.15) is 0 Å². The molecule has 4 nitrogen and oxygen atoms in total. The average molecular weight is 204 g/mol. The zero-order chi connectivity index (χ0) is 11.0. The van der Waals surface area contributed by atoms with E-state index in [0.29, 0.717) is 19.8 Å². The Hall–Kier alpha value is -0.610.